The molecule has 0 unspecified atom stereocenters. The summed E-state index contributed by atoms with van der Waals surface area (Å²) in [6.07, 6.45) is -8.64. The van der Waals surface area contributed by atoms with Crippen molar-refractivity contribution in [1.29, 1.82) is 0 Å². The molecule has 1 N–H and O–H groups in total. The minimum Gasteiger partial charge on any atom is -0.382 e. The Morgan fingerprint density at radius 3 is 2.52 bits per heavy atom. The molecule has 0 radical (unpaired) electrons. The van der Waals surface area contributed by atoms with Crippen molar-refractivity contribution < 1.29 is 40.6 Å². The van der Waals surface area contributed by atoms with E-state index >= 15 is 0 Å². The molecule has 0 aromatic carbocycles. The van der Waals surface area contributed by atoms with E-state index < -0.39 is 60.3 Å². The fourth-order valence-corrected chi connectivity index (χ4v) is 3.60. The van der Waals surface area contributed by atoms with Gasteiger partial charge in [-0.1, -0.05) is 0 Å². The molecule has 0 bridgehead atoms. The van der Waals surface area contributed by atoms with Crippen LogP contribution in [0.5, 0.6) is 0 Å². The zero-order chi connectivity index (χ0) is 18.6. The second-order valence-electron chi connectivity index (χ2n) is 6.33. The summed E-state index contributed by atoms with van der Waals surface area (Å²) in [5, 5.41) is 13.0. The monoisotopic (exact) mass is 376 g/mol. The highest BCUT2D eigenvalue weighted by atomic mass is 19.4. The van der Waals surface area contributed by atoms with Crippen molar-refractivity contribution in [3.05, 3.63) is 17.0 Å². The molecule has 2 aliphatic carbocycles. The first-order chi connectivity index (χ1) is 11.5. The van der Waals surface area contributed by atoms with E-state index in [1.54, 1.807) is 0 Å². The Kier molecular flexibility index (Phi) is 4.51. The Hall–Kier alpha value is -1.36. The number of ether oxygens (including phenoxy) is 1. The highest BCUT2D eigenvalue weighted by molar-refractivity contribution is 5.38. The van der Waals surface area contributed by atoms with E-state index in [2.05, 4.69) is 9.84 Å². The number of hydrogen-bond acceptors (Lipinski definition) is 3. The highest BCUT2D eigenvalue weighted by Crippen LogP contribution is 2.49. The van der Waals surface area contributed by atoms with Gasteiger partial charge in [0.15, 0.2) is 5.69 Å². The van der Waals surface area contributed by atoms with E-state index in [1.165, 1.54) is 0 Å². The summed E-state index contributed by atoms with van der Waals surface area (Å²) in [7, 11) is 0. The summed E-state index contributed by atoms with van der Waals surface area (Å²) >= 11 is 0. The van der Waals surface area contributed by atoms with Crippen molar-refractivity contribution in [2.45, 2.75) is 69.1 Å². The summed E-state index contributed by atoms with van der Waals surface area (Å²) in [6, 6.07) is -0.775. The first-order valence-electron chi connectivity index (χ1n) is 7.68. The number of fused-ring (bicyclic) bond motifs is 1. The zero-order valence-electron chi connectivity index (χ0n) is 12.7. The van der Waals surface area contributed by atoms with Crippen LogP contribution < -0.4 is 0 Å². The van der Waals surface area contributed by atoms with Gasteiger partial charge in [-0.2, -0.15) is 27.1 Å². The van der Waals surface area contributed by atoms with E-state index in [9.17, 15) is 35.8 Å². The van der Waals surface area contributed by atoms with Crippen LogP contribution in [0.3, 0.4) is 0 Å². The number of halogens is 7. The van der Waals surface area contributed by atoms with Gasteiger partial charge in [-0.3, -0.25) is 4.68 Å². The average molecular weight is 376 g/mol. The standard InChI is InChI=1S/C14H15F7N2O2/c15-12(16)25-7-3-1-2-6(4-7)23-8-5-13(17,18)11(24)9(8)10(22-23)14(19,20)21/h6-7,11-12,24H,1-5H2/t6-,7-,11+/m1/s1. The lowest BCUT2D eigenvalue weighted by molar-refractivity contribution is -0.172. The van der Waals surface area contributed by atoms with Crippen LogP contribution in [0, 0.1) is 0 Å². The van der Waals surface area contributed by atoms with Gasteiger partial charge < -0.3 is 9.84 Å². The quantitative estimate of drug-likeness (QED) is 0.816. The molecule has 0 saturated heterocycles. The number of aliphatic hydroxyl groups excluding tert-OH is 1. The molecule has 1 heterocycles. The van der Waals surface area contributed by atoms with Crippen LogP contribution in [0.25, 0.3) is 0 Å². The minimum atomic E-state index is -5.01. The van der Waals surface area contributed by atoms with E-state index in [1.807, 2.05) is 0 Å². The van der Waals surface area contributed by atoms with Crippen LogP contribution >= 0.6 is 0 Å². The van der Waals surface area contributed by atoms with Gasteiger partial charge in [-0.25, -0.2) is 8.78 Å². The van der Waals surface area contributed by atoms with Gasteiger partial charge in [-0.15, -0.1) is 0 Å². The smallest absolute Gasteiger partial charge is 0.382 e. The summed E-state index contributed by atoms with van der Waals surface area (Å²) in [5.41, 5.74) is -2.87. The maximum atomic E-state index is 13.7. The number of nitrogens with zero attached hydrogens (tertiary/aromatic N) is 2. The minimum absolute atomic E-state index is 0.0581. The van der Waals surface area contributed by atoms with Gasteiger partial charge >= 0.3 is 12.8 Å². The third kappa shape index (κ3) is 3.35. The fourth-order valence-electron chi connectivity index (χ4n) is 3.60. The van der Waals surface area contributed by atoms with Crippen molar-refractivity contribution in [2.24, 2.45) is 0 Å². The fraction of sp³-hybridized carbons (Fsp3) is 0.786. The van der Waals surface area contributed by atoms with E-state index in [0.29, 0.717) is 19.3 Å². The van der Waals surface area contributed by atoms with Crippen LogP contribution in [0.4, 0.5) is 30.7 Å². The predicted octanol–water partition coefficient (Wildman–Crippen LogP) is 3.85. The molecule has 3 rings (SSSR count). The maximum Gasteiger partial charge on any atom is 0.435 e. The summed E-state index contributed by atoms with van der Waals surface area (Å²) in [4.78, 5) is 0. The molecule has 0 spiro atoms. The van der Waals surface area contributed by atoms with Crippen molar-refractivity contribution in [3.63, 3.8) is 0 Å². The number of rotatable bonds is 3. The van der Waals surface area contributed by atoms with E-state index in [0.717, 1.165) is 4.68 Å². The lowest BCUT2D eigenvalue weighted by Gasteiger charge is -2.30. The topological polar surface area (TPSA) is 47.3 Å². The van der Waals surface area contributed by atoms with Crippen LogP contribution in [0.1, 0.15) is 54.8 Å². The van der Waals surface area contributed by atoms with Crippen LogP contribution in [0.15, 0.2) is 0 Å². The molecule has 3 atom stereocenters. The lowest BCUT2D eigenvalue weighted by Crippen LogP contribution is -2.29. The Balaban J connectivity index is 1.97. The molecular formula is C14H15F7N2O2. The largest absolute Gasteiger partial charge is 0.435 e. The third-order valence-electron chi connectivity index (χ3n) is 4.64. The molecule has 4 nitrogen and oxygen atoms in total. The first-order valence-corrected chi connectivity index (χ1v) is 7.68. The van der Waals surface area contributed by atoms with E-state index in [4.69, 9.17) is 0 Å². The second kappa shape index (κ2) is 6.11. The Morgan fingerprint density at radius 2 is 1.92 bits per heavy atom. The van der Waals surface area contributed by atoms with Crippen molar-refractivity contribution in [2.75, 3.05) is 0 Å². The van der Waals surface area contributed by atoms with Crippen molar-refractivity contribution in [1.82, 2.24) is 9.78 Å². The molecule has 0 aliphatic heterocycles. The first kappa shape index (κ1) is 18.4. The maximum absolute atomic E-state index is 13.7. The Morgan fingerprint density at radius 1 is 1.24 bits per heavy atom. The van der Waals surface area contributed by atoms with Crippen molar-refractivity contribution >= 4 is 0 Å². The van der Waals surface area contributed by atoms with Gasteiger partial charge in [0.05, 0.1) is 24.3 Å². The number of hydrogen-bond donors (Lipinski definition) is 1. The predicted molar refractivity (Wildman–Crippen MR) is 69.2 cm³/mol. The molecule has 1 aromatic rings. The molecular weight excluding hydrogens is 361 g/mol. The highest BCUT2D eigenvalue weighted by Gasteiger charge is 2.55. The molecule has 1 fully saturated rings. The molecule has 1 aromatic heterocycles. The average Bonchev–Trinajstić information content (AvgIpc) is 2.94. The molecule has 142 valence electrons. The normalized spacial score (nSPS) is 29.2. The summed E-state index contributed by atoms with van der Waals surface area (Å²) in [6.45, 7) is -3.02. The van der Waals surface area contributed by atoms with Gasteiger partial charge in [0, 0.05) is 5.56 Å². The Labute approximate surface area is 137 Å². The third-order valence-corrected chi connectivity index (χ3v) is 4.64. The van der Waals surface area contributed by atoms with Gasteiger partial charge in [0.25, 0.3) is 5.92 Å². The molecule has 11 heteroatoms. The van der Waals surface area contributed by atoms with E-state index in [-0.39, 0.29) is 6.42 Å². The Bertz CT molecular complexity index is 644. The SMILES string of the molecule is O[C@H]1c2c(C(F)(F)F)nn([C@@H]3CCC[C@@H](OC(F)F)C3)c2CC1(F)F. The van der Waals surface area contributed by atoms with Gasteiger partial charge in [-0.05, 0) is 25.7 Å². The second-order valence-corrected chi connectivity index (χ2v) is 6.33. The van der Waals surface area contributed by atoms with Gasteiger partial charge in [0.2, 0.25) is 0 Å². The van der Waals surface area contributed by atoms with Crippen molar-refractivity contribution in [3.8, 4) is 0 Å². The molecule has 25 heavy (non-hydrogen) atoms. The molecule has 1 saturated carbocycles. The lowest BCUT2D eigenvalue weighted by atomic mass is 9.92. The zero-order valence-corrected chi connectivity index (χ0v) is 12.7. The van der Waals surface area contributed by atoms with Crippen LogP contribution in [0.2, 0.25) is 0 Å². The molecule has 2 aliphatic rings. The number of aliphatic hydroxyl groups is 1. The summed E-state index contributed by atoms with van der Waals surface area (Å²) < 4.78 is 96.9. The summed E-state index contributed by atoms with van der Waals surface area (Å²) in [5.74, 6) is -3.73. The van der Waals surface area contributed by atoms with Gasteiger partial charge in [0.1, 0.15) is 6.10 Å². The molecule has 0 amide bonds. The van der Waals surface area contributed by atoms with Crippen LogP contribution in [-0.4, -0.2) is 33.5 Å². The van der Waals surface area contributed by atoms with Crippen LogP contribution in [-0.2, 0) is 17.3 Å². The number of alkyl halides is 7. The number of aromatic nitrogens is 2.